The summed E-state index contributed by atoms with van der Waals surface area (Å²) in [6.45, 7) is 0.533. The zero-order valence-corrected chi connectivity index (χ0v) is 12.1. The molecule has 1 aliphatic rings. The van der Waals surface area contributed by atoms with E-state index in [0.717, 1.165) is 12.0 Å². The first kappa shape index (κ1) is 14.7. The van der Waals surface area contributed by atoms with Gasteiger partial charge in [-0.15, -0.1) is 0 Å². The van der Waals surface area contributed by atoms with Gasteiger partial charge in [-0.2, -0.15) is 0 Å². The number of nitrogens with zero attached hydrogens (tertiary/aromatic N) is 1. The van der Waals surface area contributed by atoms with E-state index >= 15 is 0 Å². The van der Waals surface area contributed by atoms with Crippen LogP contribution in [0.2, 0.25) is 0 Å². The summed E-state index contributed by atoms with van der Waals surface area (Å²) in [4.78, 5) is 35.9. The van der Waals surface area contributed by atoms with Gasteiger partial charge in [0.15, 0.2) is 0 Å². The maximum absolute atomic E-state index is 12.1. The smallest absolute Gasteiger partial charge is 0.343 e. The molecule has 114 valence electrons. The van der Waals surface area contributed by atoms with Gasteiger partial charge in [-0.25, -0.2) is 4.79 Å². The van der Waals surface area contributed by atoms with Crippen LogP contribution in [0.4, 0.5) is 5.69 Å². The van der Waals surface area contributed by atoms with Gasteiger partial charge in [0.25, 0.3) is 5.91 Å². The first-order valence-corrected chi connectivity index (χ1v) is 7.03. The first-order valence-electron chi connectivity index (χ1n) is 7.03. The van der Waals surface area contributed by atoms with Crippen LogP contribution in [-0.4, -0.2) is 24.7 Å². The van der Waals surface area contributed by atoms with Crippen LogP contribution in [0.3, 0.4) is 0 Å². The number of benzene rings is 2. The molecule has 3 rings (SSSR count). The van der Waals surface area contributed by atoms with Crippen molar-refractivity contribution in [3.63, 3.8) is 0 Å². The number of ether oxygens (including phenoxy) is 1. The zero-order chi connectivity index (χ0) is 16.2. The second-order valence-electron chi connectivity index (χ2n) is 4.97. The average molecular weight is 307 g/mol. The highest BCUT2D eigenvalue weighted by Gasteiger charge is 2.17. The van der Waals surface area contributed by atoms with Gasteiger partial charge in [0.05, 0.1) is 5.56 Å². The molecule has 2 aromatic carbocycles. The van der Waals surface area contributed by atoms with Crippen LogP contribution in [0.25, 0.3) is 0 Å². The average Bonchev–Trinajstić information content (AvgIpc) is 3.02. The lowest BCUT2D eigenvalue weighted by Crippen LogP contribution is -2.24. The summed E-state index contributed by atoms with van der Waals surface area (Å²) in [6.07, 6.45) is 4.03. The predicted molar refractivity (Wildman–Crippen MR) is 84.7 cm³/mol. The molecular weight excluding hydrogens is 294 g/mol. The van der Waals surface area contributed by atoms with Gasteiger partial charge < -0.3 is 9.64 Å². The lowest BCUT2D eigenvalue weighted by Gasteiger charge is -2.15. The lowest BCUT2D eigenvalue weighted by molar-refractivity contribution is -0.113. The minimum atomic E-state index is -0.499. The van der Waals surface area contributed by atoms with E-state index in [1.165, 1.54) is 6.08 Å². The molecule has 2 aromatic rings. The molecule has 5 nitrogen and oxygen atoms in total. The summed E-state index contributed by atoms with van der Waals surface area (Å²) in [5.41, 5.74) is 1.62. The van der Waals surface area contributed by atoms with Crippen molar-refractivity contribution in [2.75, 3.05) is 11.4 Å². The van der Waals surface area contributed by atoms with E-state index in [0.29, 0.717) is 23.4 Å². The van der Waals surface area contributed by atoms with Crippen molar-refractivity contribution in [2.45, 2.75) is 0 Å². The van der Waals surface area contributed by atoms with Crippen LogP contribution in [0, 0.1) is 0 Å². The molecule has 5 heteroatoms. The Labute approximate surface area is 132 Å². The van der Waals surface area contributed by atoms with Crippen LogP contribution >= 0.6 is 0 Å². The molecule has 0 atom stereocenters. The lowest BCUT2D eigenvalue weighted by atomic mass is 10.2. The fraction of sp³-hybridized carbons (Fsp3) is 0.0556. The van der Waals surface area contributed by atoms with Crippen LogP contribution < -0.4 is 9.64 Å². The number of rotatable bonds is 4. The van der Waals surface area contributed by atoms with Crippen molar-refractivity contribution < 1.29 is 19.1 Å². The summed E-state index contributed by atoms with van der Waals surface area (Å²) in [6, 6.07) is 12.9. The molecule has 0 N–H and O–H groups in total. The Bertz CT molecular complexity index is 776. The van der Waals surface area contributed by atoms with Crippen molar-refractivity contribution in [2.24, 2.45) is 0 Å². The predicted octanol–water partition coefficient (Wildman–Crippen LogP) is 2.62. The normalized spacial score (nSPS) is 13.2. The van der Waals surface area contributed by atoms with E-state index in [1.54, 1.807) is 59.5 Å². The van der Waals surface area contributed by atoms with Crippen molar-refractivity contribution in [3.8, 4) is 5.75 Å². The number of amides is 1. The summed E-state index contributed by atoms with van der Waals surface area (Å²) in [5.74, 6) is -0.208. The highest BCUT2D eigenvalue weighted by atomic mass is 16.5. The molecule has 0 aliphatic carbocycles. The number of carbonyl (C=O) groups excluding carboxylic acids is 3. The third-order valence-corrected chi connectivity index (χ3v) is 3.46. The van der Waals surface area contributed by atoms with Crippen molar-refractivity contribution >= 4 is 23.9 Å². The second kappa shape index (κ2) is 6.27. The molecule has 1 aliphatic heterocycles. The molecule has 0 aromatic heterocycles. The monoisotopic (exact) mass is 307 g/mol. The van der Waals surface area contributed by atoms with Crippen molar-refractivity contribution in [3.05, 3.63) is 71.8 Å². The largest absolute Gasteiger partial charge is 0.423 e. The highest BCUT2D eigenvalue weighted by molar-refractivity contribution is 6.04. The standard InChI is InChI=1S/C18H13NO4/c20-12-13-3-9-16(10-4-13)23-18(22)14-5-7-15(8-6-14)19-11-1-2-17(19)21/h1-10,12H,11H2. The maximum atomic E-state index is 12.1. The van der Waals surface area contributed by atoms with E-state index in [2.05, 4.69) is 0 Å². The highest BCUT2D eigenvalue weighted by Crippen LogP contribution is 2.20. The van der Waals surface area contributed by atoms with Gasteiger partial charge in [0, 0.05) is 23.9 Å². The minimum absolute atomic E-state index is 0.0735. The molecule has 0 bridgehead atoms. The van der Waals surface area contributed by atoms with Gasteiger partial charge in [-0.05, 0) is 48.5 Å². The maximum Gasteiger partial charge on any atom is 0.343 e. The quantitative estimate of drug-likeness (QED) is 0.495. The fourth-order valence-electron chi connectivity index (χ4n) is 2.23. The molecule has 1 heterocycles. The summed E-state index contributed by atoms with van der Waals surface area (Å²) < 4.78 is 5.24. The number of carbonyl (C=O) groups is 3. The third-order valence-electron chi connectivity index (χ3n) is 3.46. The Balaban J connectivity index is 1.69. The second-order valence-corrected chi connectivity index (χ2v) is 4.97. The number of anilines is 1. The molecule has 0 radical (unpaired) electrons. The molecule has 23 heavy (non-hydrogen) atoms. The zero-order valence-electron chi connectivity index (χ0n) is 12.1. The number of esters is 1. The summed E-state index contributed by atoms with van der Waals surface area (Å²) >= 11 is 0. The number of aldehydes is 1. The summed E-state index contributed by atoms with van der Waals surface area (Å²) in [7, 11) is 0. The minimum Gasteiger partial charge on any atom is -0.423 e. The summed E-state index contributed by atoms with van der Waals surface area (Å²) in [5, 5.41) is 0. The molecule has 0 spiro atoms. The van der Waals surface area contributed by atoms with Crippen LogP contribution in [0.5, 0.6) is 5.75 Å². The Morgan fingerprint density at radius 3 is 2.30 bits per heavy atom. The molecule has 0 saturated heterocycles. The van der Waals surface area contributed by atoms with Crippen molar-refractivity contribution in [1.29, 1.82) is 0 Å². The van der Waals surface area contributed by atoms with Gasteiger partial charge in [0.2, 0.25) is 0 Å². The van der Waals surface area contributed by atoms with E-state index in [-0.39, 0.29) is 5.91 Å². The SMILES string of the molecule is O=Cc1ccc(OC(=O)c2ccc(N3CC=CC3=O)cc2)cc1. The molecular formula is C18H13NO4. The van der Waals surface area contributed by atoms with Crippen molar-refractivity contribution in [1.82, 2.24) is 0 Å². The molecule has 0 saturated carbocycles. The van der Waals surface area contributed by atoms with Crippen LogP contribution in [0.15, 0.2) is 60.7 Å². The molecule has 0 fully saturated rings. The van der Waals surface area contributed by atoms with E-state index in [4.69, 9.17) is 4.74 Å². The number of hydrogen-bond acceptors (Lipinski definition) is 4. The van der Waals surface area contributed by atoms with E-state index in [9.17, 15) is 14.4 Å². The number of hydrogen-bond donors (Lipinski definition) is 0. The Morgan fingerprint density at radius 2 is 1.74 bits per heavy atom. The van der Waals surface area contributed by atoms with Gasteiger partial charge in [0.1, 0.15) is 12.0 Å². The topological polar surface area (TPSA) is 63.7 Å². The fourth-order valence-corrected chi connectivity index (χ4v) is 2.23. The Kier molecular flexibility index (Phi) is 4.01. The van der Waals surface area contributed by atoms with Gasteiger partial charge in [-0.3, -0.25) is 9.59 Å². The molecule has 1 amide bonds. The Hall–Kier alpha value is -3.21. The first-order chi connectivity index (χ1) is 11.2. The van der Waals surface area contributed by atoms with Crippen LogP contribution in [0.1, 0.15) is 20.7 Å². The third kappa shape index (κ3) is 3.18. The van der Waals surface area contributed by atoms with E-state index in [1.807, 2.05) is 0 Å². The van der Waals surface area contributed by atoms with E-state index < -0.39 is 5.97 Å². The van der Waals surface area contributed by atoms with Gasteiger partial charge >= 0.3 is 5.97 Å². The van der Waals surface area contributed by atoms with Gasteiger partial charge in [-0.1, -0.05) is 6.08 Å². The Morgan fingerprint density at radius 1 is 1.04 bits per heavy atom. The molecule has 0 unspecified atom stereocenters. The van der Waals surface area contributed by atoms with Crippen LogP contribution in [-0.2, 0) is 4.79 Å².